The third-order valence-corrected chi connectivity index (χ3v) is 3.50. The zero-order valence-electron chi connectivity index (χ0n) is 9.59. The van der Waals surface area contributed by atoms with Gasteiger partial charge >= 0.3 is 0 Å². The van der Waals surface area contributed by atoms with Crippen LogP contribution in [0.2, 0.25) is 0 Å². The van der Waals surface area contributed by atoms with E-state index in [1.807, 2.05) is 24.3 Å². The number of pyridine rings is 1. The van der Waals surface area contributed by atoms with Gasteiger partial charge in [-0.25, -0.2) is 0 Å². The maximum atomic E-state index is 5.83. The number of benzene rings is 1. The molecule has 0 aliphatic carbocycles. The zero-order valence-corrected chi connectivity index (χ0v) is 10.4. The highest BCUT2D eigenvalue weighted by Gasteiger charge is 2.01. The molecular weight excluding hydrogens is 232 g/mol. The van der Waals surface area contributed by atoms with E-state index in [2.05, 4.69) is 11.1 Å². The summed E-state index contributed by atoms with van der Waals surface area (Å²) in [4.78, 5) is 5.03. The number of nitrogen functional groups attached to an aromatic ring is 1. The van der Waals surface area contributed by atoms with E-state index >= 15 is 0 Å². The predicted octanol–water partition coefficient (Wildman–Crippen LogP) is 2.96. The second-order valence-corrected chi connectivity index (χ2v) is 4.57. The standard InChI is InChI=1S/C13H14N2OS/c1-16-11-4-2-3-10(7-11)9-17-13-5-6-15-8-12(13)14/h2-8H,9,14H2,1H3. The molecule has 1 aromatic carbocycles. The molecule has 0 spiro atoms. The molecule has 0 saturated heterocycles. The summed E-state index contributed by atoms with van der Waals surface area (Å²) in [5.41, 5.74) is 7.77. The summed E-state index contributed by atoms with van der Waals surface area (Å²) in [7, 11) is 1.67. The van der Waals surface area contributed by atoms with E-state index in [0.29, 0.717) is 0 Å². The van der Waals surface area contributed by atoms with Crippen molar-refractivity contribution in [2.45, 2.75) is 10.6 Å². The van der Waals surface area contributed by atoms with Crippen LogP contribution in [-0.2, 0) is 5.75 Å². The molecule has 0 unspecified atom stereocenters. The first kappa shape index (κ1) is 11.8. The number of hydrogen-bond acceptors (Lipinski definition) is 4. The van der Waals surface area contributed by atoms with E-state index < -0.39 is 0 Å². The van der Waals surface area contributed by atoms with Gasteiger partial charge in [-0.15, -0.1) is 11.8 Å². The Morgan fingerprint density at radius 2 is 2.24 bits per heavy atom. The van der Waals surface area contributed by atoms with Gasteiger partial charge in [-0.3, -0.25) is 4.98 Å². The van der Waals surface area contributed by atoms with E-state index in [0.717, 1.165) is 22.1 Å². The summed E-state index contributed by atoms with van der Waals surface area (Å²) in [5, 5.41) is 0. The van der Waals surface area contributed by atoms with E-state index in [1.54, 1.807) is 31.3 Å². The van der Waals surface area contributed by atoms with Gasteiger partial charge in [0.25, 0.3) is 0 Å². The molecule has 4 heteroatoms. The van der Waals surface area contributed by atoms with Crippen molar-refractivity contribution in [2.24, 2.45) is 0 Å². The third-order valence-electron chi connectivity index (χ3n) is 2.34. The Kier molecular flexibility index (Phi) is 3.88. The molecule has 0 atom stereocenters. The largest absolute Gasteiger partial charge is 0.497 e. The molecule has 0 amide bonds. The first-order valence-electron chi connectivity index (χ1n) is 5.25. The highest BCUT2D eigenvalue weighted by atomic mass is 32.2. The molecule has 2 rings (SSSR count). The molecule has 1 aromatic heterocycles. The zero-order chi connectivity index (χ0) is 12.1. The number of thioether (sulfide) groups is 1. The minimum absolute atomic E-state index is 0.723. The van der Waals surface area contributed by atoms with Crippen molar-refractivity contribution in [1.29, 1.82) is 0 Å². The van der Waals surface area contributed by atoms with Crippen molar-refractivity contribution < 1.29 is 4.74 Å². The Bertz CT molecular complexity index is 502. The molecule has 88 valence electrons. The lowest BCUT2D eigenvalue weighted by atomic mass is 10.2. The summed E-state index contributed by atoms with van der Waals surface area (Å²) in [6, 6.07) is 9.97. The second kappa shape index (κ2) is 5.59. The van der Waals surface area contributed by atoms with Gasteiger partial charge in [-0.1, -0.05) is 12.1 Å². The number of anilines is 1. The Morgan fingerprint density at radius 3 is 3.00 bits per heavy atom. The fraction of sp³-hybridized carbons (Fsp3) is 0.154. The first-order chi connectivity index (χ1) is 8.29. The maximum absolute atomic E-state index is 5.83. The number of rotatable bonds is 4. The molecule has 0 bridgehead atoms. The van der Waals surface area contributed by atoms with Crippen LogP contribution in [0.25, 0.3) is 0 Å². The van der Waals surface area contributed by atoms with Crippen LogP contribution in [0.3, 0.4) is 0 Å². The lowest BCUT2D eigenvalue weighted by molar-refractivity contribution is 0.414. The van der Waals surface area contributed by atoms with E-state index in [-0.39, 0.29) is 0 Å². The van der Waals surface area contributed by atoms with Crippen LogP contribution < -0.4 is 10.5 Å². The highest BCUT2D eigenvalue weighted by Crippen LogP contribution is 2.27. The fourth-order valence-electron chi connectivity index (χ4n) is 1.45. The average Bonchev–Trinajstić information content (AvgIpc) is 2.38. The van der Waals surface area contributed by atoms with Gasteiger partial charge in [-0.2, -0.15) is 0 Å². The van der Waals surface area contributed by atoms with Crippen LogP contribution in [0.1, 0.15) is 5.56 Å². The van der Waals surface area contributed by atoms with Crippen LogP contribution in [0.5, 0.6) is 5.75 Å². The van der Waals surface area contributed by atoms with Gasteiger partial charge in [0.1, 0.15) is 5.75 Å². The Hall–Kier alpha value is -1.68. The fourth-order valence-corrected chi connectivity index (χ4v) is 2.33. The lowest BCUT2D eigenvalue weighted by Gasteiger charge is -2.06. The smallest absolute Gasteiger partial charge is 0.119 e. The van der Waals surface area contributed by atoms with Gasteiger partial charge in [-0.05, 0) is 23.8 Å². The molecule has 2 N–H and O–H groups in total. The number of ether oxygens (including phenoxy) is 1. The quantitative estimate of drug-likeness (QED) is 0.843. The number of nitrogens with zero attached hydrogens (tertiary/aromatic N) is 1. The van der Waals surface area contributed by atoms with Crippen LogP contribution in [-0.4, -0.2) is 12.1 Å². The minimum atomic E-state index is 0.723. The van der Waals surface area contributed by atoms with Gasteiger partial charge in [0.05, 0.1) is 19.0 Å². The van der Waals surface area contributed by atoms with Crippen LogP contribution >= 0.6 is 11.8 Å². The molecule has 0 saturated carbocycles. The Labute approximate surface area is 105 Å². The molecule has 17 heavy (non-hydrogen) atoms. The van der Waals surface area contributed by atoms with Crippen molar-refractivity contribution in [3.63, 3.8) is 0 Å². The van der Waals surface area contributed by atoms with Gasteiger partial charge in [0, 0.05) is 16.8 Å². The third kappa shape index (κ3) is 3.14. The van der Waals surface area contributed by atoms with Gasteiger partial charge < -0.3 is 10.5 Å². The summed E-state index contributed by atoms with van der Waals surface area (Å²) in [5.74, 6) is 1.75. The van der Waals surface area contributed by atoms with Gasteiger partial charge in [0.15, 0.2) is 0 Å². The lowest BCUT2D eigenvalue weighted by Crippen LogP contribution is -1.90. The summed E-state index contributed by atoms with van der Waals surface area (Å²) < 4.78 is 5.19. The Morgan fingerprint density at radius 1 is 1.35 bits per heavy atom. The van der Waals surface area contributed by atoms with E-state index in [1.165, 1.54) is 5.56 Å². The molecule has 3 nitrogen and oxygen atoms in total. The van der Waals surface area contributed by atoms with E-state index in [4.69, 9.17) is 10.5 Å². The SMILES string of the molecule is COc1cccc(CSc2ccncc2N)c1. The van der Waals surface area contributed by atoms with Crippen LogP contribution in [0.15, 0.2) is 47.6 Å². The normalized spacial score (nSPS) is 10.2. The minimum Gasteiger partial charge on any atom is -0.497 e. The molecule has 0 fully saturated rings. The van der Waals surface area contributed by atoms with Gasteiger partial charge in [0.2, 0.25) is 0 Å². The first-order valence-corrected chi connectivity index (χ1v) is 6.23. The Balaban J connectivity index is 2.05. The molecule has 0 aliphatic heterocycles. The molecule has 0 radical (unpaired) electrons. The highest BCUT2D eigenvalue weighted by molar-refractivity contribution is 7.98. The number of aromatic nitrogens is 1. The predicted molar refractivity (Wildman–Crippen MR) is 71.2 cm³/mol. The van der Waals surface area contributed by atoms with Crippen LogP contribution in [0.4, 0.5) is 5.69 Å². The monoisotopic (exact) mass is 246 g/mol. The van der Waals surface area contributed by atoms with Crippen molar-refractivity contribution in [1.82, 2.24) is 4.98 Å². The van der Waals surface area contributed by atoms with Crippen molar-refractivity contribution in [3.8, 4) is 5.75 Å². The number of nitrogens with two attached hydrogens (primary N) is 1. The summed E-state index contributed by atoms with van der Waals surface area (Å²) in [6.45, 7) is 0. The molecule has 0 aliphatic rings. The van der Waals surface area contributed by atoms with Crippen molar-refractivity contribution in [3.05, 3.63) is 48.3 Å². The van der Waals surface area contributed by atoms with Crippen LogP contribution in [0, 0.1) is 0 Å². The van der Waals surface area contributed by atoms with Crippen molar-refractivity contribution >= 4 is 17.4 Å². The molecule has 1 heterocycles. The topological polar surface area (TPSA) is 48.1 Å². The number of hydrogen-bond donors (Lipinski definition) is 1. The maximum Gasteiger partial charge on any atom is 0.119 e. The second-order valence-electron chi connectivity index (χ2n) is 3.55. The average molecular weight is 246 g/mol. The molecule has 2 aromatic rings. The summed E-state index contributed by atoms with van der Waals surface area (Å²) in [6.07, 6.45) is 3.43. The summed E-state index contributed by atoms with van der Waals surface area (Å²) >= 11 is 1.70. The number of methoxy groups -OCH3 is 1. The van der Waals surface area contributed by atoms with Crippen molar-refractivity contribution in [2.75, 3.05) is 12.8 Å². The molecular formula is C13H14N2OS. The van der Waals surface area contributed by atoms with E-state index in [9.17, 15) is 0 Å².